The van der Waals surface area contributed by atoms with Crippen LogP contribution in [0.25, 0.3) is 0 Å². The fraction of sp³-hybridized carbons (Fsp3) is 1.00. The molecule has 11 heavy (non-hydrogen) atoms. The zero-order valence-corrected chi connectivity index (χ0v) is 7.16. The molecule has 0 aliphatic heterocycles. The molecule has 0 fully saturated rings. The molecule has 0 saturated carbocycles. The van der Waals surface area contributed by atoms with Crippen molar-refractivity contribution in [3.05, 3.63) is 0 Å². The molecule has 2 N–H and O–H groups in total. The number of ether oxygens (including phenoxy) is 1. The number of nitrogens with two attached hydrogens (primary N) is 1. The lowest BCUT2D eigenvalue weighted by atomic mass is 9.99. The van der Waals surface area contributed by atoms with Gasteiger partial charge in [-0.25, -0.2) is 0 Å². The van der Waals surface area contributed by atoms with Crippen LogP contribution in [-0.4, -0.2) is 19.3 Å². The van der Waals surface area contributed by atoms with Gasteiger partial charge in [0.1, 0.15) is 0 Å². The summed E-state index contributed by atoms with van der Waals surface area (Å²) in [4.78, 5) is 0. The molecule has 4 heteroatoms. The van der Waals surface area contributed by atoms with E-state index in [1.807, 2.05) is 20.8 Å². The third kappa shape index (κ3) is 6.19. The molecule has 0 amide bonds. The summed E-state index contributed by atoms with van der Waals surface area (Å²) in [6.45, 7) is 4.71. The molecule has 0 heterocycles. The molecule has 0 atom stereocenters. The lowest BCUT2D eigenvalue weighted by molar-refractivity contribution is -0.241. The van der Waals surface area contributed by atoms with Crippen molar-refractivity contribution in [1.82, 2.24) is 0 Å². The molecule has 0 aromatic heterocycles. The maximum atomic E-state index is 12.3. The fourth-order valence-corrected chi connectivity index (χ4v) is 0.381. The zero-order chi connectivity index (χ0) is 9.12. The Labute approximate surface area is 65.7 Å². The largest absolute Gasteiger partial charge is 0.367 e. The van der Waals surface area contributed by atoms with E-state index in [4.69, 9.17) is 5.73 Å². The molecule has 0 aliphatic rings. The van der Waals surface area contributed by atoms with Crippen LogP contribution in [-0.2, 0) is 4.74 Å². The van der Waals surface area contributed by atoms with Gasteiger partial charge in [-0.15, -0.1) is 0 Å². The van der Waals surface area contributed by atoms with Crippen molar-refractivity contribution in [2.24, 2.45) is 11.1 Å². The van der Waals surface area contributed by atoms with Gasteiger partial charge < -0.3 is 10.5 Å². The van der Waals surface area contributed by atoms with E-state index in [0.717, 1.165) is 0 Å². The van der Waals surface area contributed by atoms with Gasteiger partial charge in [-0.2, -0.15) is 8.78 Å². The van der Waals surface area contributed by atoms with Crippen LogP contribution in [0.4, 0.5) is 8.78 Å². The Morgan fingerprint density at radius 1 is 1.27 bits per heavy atom. The molecule has 0 aromatic rings. The van der Waals surface area contributed by atoms with E-state index in [2.05, 4.69) is 4.74 Å². The monoisotopic (exact) mass is 167 g/mol. The molecule has 0 aliphatic carbocycles. The first-order chi connectivity index (χ1) is 4.77. The highest BCUT2D eigenvalue weighted by Gasteiger charge is 2.29. The minimum atomic E-state index is -3.17. The Hall–Kier alpha value is -0.220. The predicted molar refractivity (Wildman–Crippen MR) is 39.4 cm³/mol. The molecular formula is C7H15F2NO. The Morgan fingerprint density at radius 2 is 1.73 bits per heavy atom. The van der Waals surface area contributed by atoms with E-state index in [0.29, 0.717) is 0 Å². The third-order valence-electron chi connectivity index (χ3n) is 0.954. The maximum Gasteiger partial charge on any atom is 0.367 e. The minimum absolute atomic E-state index is 0.0111. The molecule has 68 valence electrons. The Bertz CT molecular complexity index is 120. The van der Waals surface area contributed by atoms with Gasteiger partial charge in [-0.05, 0) is 5.41 Å². The number of hydrogen-bond acceptors (Lipinski definition) is 2. The average molecular weight is 167 g/mol. The van der Waals surface area contributed by atoms with E-state index in [9.17, 15) is 8.78 Å². The van der Waals surface area contributed by atoms with Gasteiger partial charge in [-0.1, -0.05) is 20.8 Å². The highest BCUT2D eigenvalue weighted by Crippen LogP contribution is 2.20. The van der Waals surface area contributed by atoms with Crippen molar-refractivity contribution in [3.63, 3.8) is 0 Å². The maximum absolute atomic E-state index is 12.3. The molecule has 0 radical (unpaired) electrons. The normalized spacial score (nSPS) is 13.6. The minimum Gasteiger partial charge on any atom is -0.323 e. The summed E-state index contributed by atoms with van der Waals surface area (Å²) in [6, 6.07) is 0. The SMILES string of the molecule is CC(C)(C)COC(F)(F)CN. The van der Waals surface area contributed by atoms with Crippen molar-refractivity contribution in [2.75, 3.05) is 13.2 Å². The lowest BCUT2D eigenvalue weighted by Crippen LogP contribution is -2.34. The quantitative estimate of drug-likeness (QED) is 0.693. The summed E-state index contributed by atoms with van der Waals surface area (Å²) in [5.41, 5.74) is 4.51. The van der Waals surface area contributed by atoms with Crippen molar-refractivity contribution >= 4 is 0 Å². The first-order valence-electron chi connectivity index (χ1n) is 3.49. The van der Waals surface area contributed by atoms with Crippen LogP contribution in [0.2, 0.25) is 0 Å². The second-order valence-electron chi connectivity index (χ2n) is 3.69. The second kappa shape index (κ2) is 3.45. The zero-order valence-electron chi connectivity index (χ0n) is 7.16. The summed E-state index contributed by atoms with van der Waals surface area (Å²) in [5.74, 6) is 0. The molecule has 2 nitrogen and oxygen atoms in total. The molecule has 0 saturated heterocycles. The smallest absolute Gasteiger partial charge is 0.323 e. The summed E-state index contributed by atoms with van der Waals surface area (Å²) in [7, 11) is 0. The number of halogens is 2. The van der Waals surface area contributed by atoms with Crippen LogP contribution < -0.4 is 5.73 Å². The van der Waals surface area contributed by atoms with Gasteiger partial charge in [0.05, 0.1) is 13.2 Å². The molecular weight excluding hydrogens is 152 g/mol. The summed E-state index contributed by atoms with van der Waals surface area (Å²) >= 11 is 0. The van der Waals surface area contributed by atoms with E-state index in [1.165, 1.54) is 0 Å². The summed E-state index contributed by atoms with van der Waals surface area (Å²) in [5, 5.41) is 0. The summed E-state index contributed by atoms with van der Waals surface area (Å²) < 4.78 is 29.0. The summed E-state index contributed by atoms with van der Waals surface area (Å²) in [6.07, 6.45) is -3.17. The van der Waals surface area contributed by atoms with E-state index in [-0.39, 0.29) is 12.0 Å². The van der Waals surface area contributed by atoms with E-state index in [1.54, 1.807) is 0 Å². The van der Waals surface area contributed by atoms with Crippen LogP contribution in [0.5, 0.6) is 0 Å². The molecule has 0 rings (SSSR count). The molecule has 0 aromatic carbocycles. The van der Waals surface area contributed by atoms with E-state index < -0.39 is 12.7 Å². The van der Waals surface area contributed by atoms with Crippen LogP contribution >= 0.6 is 0 Å². The lowest BCUT2D eigenvalue weighted by Gasteiger charge is -2.22. The fourth-order valence-electron chi connectivity index (χ4n) is 0.381. The Morgan fingerprint density at radius 3 is 2.00 bits per heavy atom. The van der Waals surface area contributed by atoms with Gasteiger partial charge in [0.15, 0.2) is 0 Å². The van der Waals surface area contributed by atoms with Gasteiger partial charge in [0.25, 0.3) is 0 Å². The molecule has 0 bridgehead atoms. The van der Waals surface area contributed by atoms with Crippen molar-refractivity contribution in [3.8, 4) is 0 Å². The number of hydrogen-bond donors (Lipinski definition) is 1. The van der Waals surface area contributed by atoms with Crippen molar-refractivity contribution in [1.29, 1.82) is 0 Å². The van der Waals surface area contributed by atoms with Crippen LogP contribution in [0, 0.1) is 5.41 Å². The van der Waals surface area contributed by atoms with Gasteiger partial charge in [-0.3, -0.25) is 0 Å². The van der Waals surface area contributed by atoms with Crippen molar-refractivity contribution in [2.45, 2.75) is 26.9 Å². The van der Waals surface area contributed by atoms with E-state index >= 15 is 0 Å². The Balaban J connectivity index is 3.70. The standard InChI is InChI=1S/C7H15F2NO/c1-6(2,3)5-11-7(8,9)4-10/h4-5,10H2,1-3H3. The van der Waals surface area contributed by atoms with Gasteiger partial charge in [0, 0.05) is 0 Å². The first kappa shape index (κ1) is 10.8. The highest BCUT2D eigenvalue weighted by atomic mass is 19.3. The Kier molecular flexibility index (Phi) is 3.38. The predicted octanol–water partition coefficient (Wildman–Crippen LogP) is 1.60. The third-order valence-corrected chi connectivity index (χ3v) is 0.954. The second-order valence-corrected chi connectivity index (χ2v) is 3.69. The topological polar surface area (TPSA) is 35.2 Å². The average Bonchev–Trinajstić information content (AvgIpc) is 1.83. The van der Waals surface area contributed by atoms with Crippen LogP contribution in [0.3, 0.4) is 0 Å². The van der Waals surface area contributed by atoms with Gasteiger partial charge >= 0.3 is 6.11 Å². The first-order valence-corrected chi connectivity index (χ1v) is 3.49. The van der Waals surface area contributed by atoms with Gasteiger partial charge in [0.2, 0.25) is 0 Å². The van der Waals surface area contributed by atoms with Crippen LogP contribution in [0.1, 0.15) is 20.8 Å². The highest BCUT2D eigenvalue weighted by molar-refractivity contribution is 4.62. The van der Waals surface area contributed by atoms with Crippen molar-refractivity contribution < 1.29 is 13.5 Å². The number of alkyl halides is 2. The molecule has 0 unspecified atom stereocenters. The molecule has 0 spiro atoms. The number of rotatable bonds is 3. The van der Waals surface area contributed by atoms with Crippen LogP contribution in [0.15, 0.2) is 0 Å².